The number of rotatable bonds is 0. The number of hydrogen-bond donors (Lipinski definition) is 0. The zero-order chi connectivity index (χ0) is 4.41. The second-order valence-electron chi connectivity index (χ2n) is 0.907. The molecule has 0 aliphatic rings. The van der Waals surface area contributed by atoms with Gasteiger partial charge in [-0.1, -0.05) is 4.48 Å². The van der Waals surface area contributed by atoms with Crippen LogP contribution in [-0.2, 0) is 0 Å². The predicted octanol–water partition coefficient (Wildman–Crippen LogP) is -2.27. The van der Waals surface area contributed by atoms with Crippen molar-refractivity contribution in [2.45, 2.75) is 0 Å². The van der Waals surface area contributed by atoms with Crippen LogP contribution in [0.2, 0.25) is 0 Å². The smallest absolute Gasteiger partial charge is 1.00 e. The van der Waals surface area contributed by atoms with Crippen LogP contribution in [0.4, 0.5) is 4.48 Å². The third-order valence-electron chi connectivity index (χ3n) is 0.472. The standard InChI is InChI=1S/C3H3FN2.Li.H/c4-6-2-1-5-3-6;;/h1-3H;;/q;+1;-1. The van der Waals surface area contributed by atoms with E-state index in [1.165, 1.54) is 12.4 Å². The molecule has 34 valence electrons. The van der Waals surface area contributed by atoms with Crippen LogP contribution in [0.1, 0.15) is 1.43 Å². The van der Waals surface area contributed by atoms with Crippen LogP contribution in [0.15, 0.2) is 18.7 Å². The molecule has 7 heavy (non-hydrogen) atoms. The Balaban J connectivity index is 0. The second kappa shape index (κ2) is 2.84. The summed E-state index contributed by atoms with van der Waals surface area (Å²) in [6, 6.07) is 0. The topological polar surface area (TPSA) is 17.8 Å². The van der Waals surface area contributed by atoms with E-state index in [9.17, 15) is 4.48 Å². The first-order chi connectivity index (χ1) is 2.89. The van der Waals surface area contributed by atoms with Crippen molar-refractivity contribution in [1.82, 2.24) is 9.77 Å². The minimum absolute atomic E-state index is 0. The van der Waals surface area contributed by atoms with Crippen LogP contribution in [0.5, 0.6) is 0 Å². The Bertz CT molecular complexity index is 121. The molecular formula is C3H4FLiN2. The number of nitrogens with zero attached hydrogens (tertiary/aromatic N) is 2. The largest absolute Gasteiger partial charge is 1.00 e. The van der Waals surface area contributed by atoms with Crippen LogP contribution in [0.25, 0.3) is 0 Å². The molecule has 0 radical (unpaired) electrons. The van der Waals surface area contributed by atoms with Crippen LogP contribution in [0.3, 0.4) is 0 Å². The molecule has 0 aliphatic heterocycles. The Hall–Kier alpha value is -0.263. The maximum atomic E-state index is 11.5. The molecule has 0 atom stereocenters. The normalized spacial score (nSPS) is 7.57. The fraction of sp³-hybridized carbons (Fsp3) is 0. The third kappa shape index (κ3) is 1.77. The molecule has 2 nitrogen and oxygen atoms in total. The summed E-state index contributed by atoms with van der Waals surface area (Å²) >= 11 is 0. The average molecular weight is 94.0 g/mol. The van der Waals surface area contributed by atoms with E-state index in [2.05, 4.69) is 4.98 Å². The van der Waals surface area contributed by atoms with Gasteiger partial charge in [0, 0.05) is 6.20 Å². The van der Waals surface area contributed by atoms with Crippen LogP contribution < -0.4 is 18.9 Å². The van der Waals surface area contributed by atoms with Gasteiger partial charge in [-0.05, 0) is 0 Å². The van der Waals surface area contributed by atoms with Gasteiger partial charge in [0.15, 0.2) is 0 Å². The van der Waals surface area contributed by atoms with E-state index in [0.29, 0.717) is 4.79 Å². The molecule has 0 spiro atoms. The van der Waals surface area contributed by atoms with Gasteiger partial charge in [0.1, 0.15) is 6.33 Å². The van der Waals surface area contributed by atoms with Gasteiger partial charge in [0.25, 0.3) is 0 Å². The molecule has 0 unspecified atom stereocenters. The van der Waals surface area contributed by atoms with Crippen LogP contribution >= 0.6 is 0 Å². The summed E-state index contributed by atoms with van der Waals surface area (Å²) in [6.07, 6.45) is 3.68. The minimum atomic E-state index is 0. The number of hydrogen-bond acceptors (Lipinski definition) is 1. The summed E-state index contributed by atoms with van der Waals surface area (Å²) in [4.78, 5) is 3.80. The molecule has 0 N–H and O–H groups in total. The van der Waals surface area contributed by atoms with Crippen molar-refractivity contribution in [2.75, 3.05) is 0 Å². The van der Waals surface area contributed by atoms with Crippen molar-refractivity contribution in [3.63, 3.8) is 0 Å². The quantitative estimate of drug-likeness (QED) is 0.331. The first-order valence-electron chi connectivity index (χ1n) is 1.54. The van der Waals surface area contributed by atoms with E-state index in [1.807, 2.05) is 0 Å². The van der Waals surface area contributed by atoms with Crippen LogP contribution in [-0.4, -0.2) is 9.77 Å². The van der Waals surface area contributed by atoms with Gasteiger partial charge in [0.05, 0.1) is 6.20 Å². The molecule has 1 aromatic rings. The van der Waals surface area contributed by atoms with E-state index in [0.717, 1.165) is 6.33 Å². The summed E-state index contributed by atoms with van der Waals surface area (Å²) < 4.78 is 11.5. The first kappa shape index (κ1) is 6.74. The van der Waals surface area contributed by atoms with E-state index in [4.69, 9.17) is 0 Å². The monoisotopic (exact) mass is 94.1 g/mol. The van der Waals surface area contributed by atoms with Crippen molar-refractivity contribution in [2.24, 2.45) is 0 Å². The fourth-order valence-corrected chi connectivity index (χ4v) is 0.243. The van der Waals surface area contributed by atoms with Gasteiger partial charge in [-0.25, -0.2) is 4.98 Å². The van der Waals surface area contributed by atoms with E-state index < -0.39 is 0 Å². The van der Waals surface area contributed by atoms with Gasteiger partial charge in [0.2, 0.25) is 0 Å². The van der Waals surface area contributed by atoms with Gasteiger partial charge < -0.3 is 1.43 Å². The van der Waals surface area contributed by atoms with Gasteiger partial charge in [-0.3, -0.25) is 0 Å². The number of aromatic nitrogens is 2. The molecule has 0 aliphatic carbocycles. The fourth-order valence-electron chi connectivity index (χ4n) is 0.243. The summed E-state index contributed by atoms with van der Waals surface area (Å²) in [6.45, 7) is 0. The summed E-state index contributed by atoms with van der Waals surface area (Å²) in [5.41, 5.74) is 0. The Morgan fingerprint density at radius 1 is 1.71 bits per heavy atom. The first-order valence-corrected chi connectivity index (χ1v) is 1.54. The average Bonchev–Trinajstić information content (AvgIpc) is 1.86. The molecule has 1 rings (SSSR count). The van der Waals surface area contributed by atoms with Crippen LogP contribution in [0, 0.1) is 0 Å². The third-order valence-corrected chi connectivity index (χ3v) is 0.472. The molecule has 0 fully saturated rings. The zero-order valence-corrected chi connectivity index (χ0v) is 4.00. The number of imidazole rings is 1. The Morgan fingerprint density at radius 3 is 2.57 bits per heavy atom. The summed E-state index contributed by atoms with van der Waals surface area (Å²) in [5, 5.41) is 0. The Kier molecular flexibility index (Phi) is 2.73. The predicted molar refractivity (Wildman–Crippen MR) is 19.8 cm³/mol. The molecule has 4 heteroatoms. The number of halogens is 1. The van der Waals surface area contributed by atoms with Crippen molar-refractivity contribution in [1.29, 1.82) is 0 Å². The van der Waals surface area contributed by atoms with Crippen molar-refractivity contribution < 1.29 is 24.8 Å². The van der Waals surface area contributed by atoms with E-state index >= 15 is 0 Å². The second-order valence-corrected chi connectivity index (χ2v) is 0.907. The molecule has 1 aromatic heterocycles. The van der Waals surface area contributed by atoms with E-state index in [-0.39, 0.29) is 20.3 Å². The minimum Gasteiger partial charge on any atom is -1.00 e. The van der Waals surface area contributed by atoms with Crippen molar-refractivity contribution >= 4 is 0 Å². The molecule has 0 bridgehead atoms. The molecule has 0 saturated heterocycles. The molecule has 0 aromatic carbocycles. The maximum Gasteiger partial charge on any atom is 1.00 e. The summed E-state index contributed by atoms with van der Waals surface area (Å²) in [7, 11) is 0. The molecule has 1 heterocycles. The summed E-state index contributed by atoms with van der Waals surface area (Å²) in [5.74, 6) is 0. The zero-order valence-electron chi connectivity index (χ0n) is 5.00. The maximum absolute atomic E-state index is 11.5. The van der Waals surface area contributed by atoms with Gasteiger partial charge >= 0.3 is 18.9 Å². The SMILES string of the molecule is Fn1ccnc1.[H-].[Li+]. The Morgan fingerprint density at radius 2 is 2.43 bits per heavy atom. The Labute approximate surface area is 54.0 Å². The molecule has 0 amide bonds. The van der Waals surface area contributed by atoms with Gasteiger partial charge in [-0.2, -0.15) is 4.79 Å². The molecular weight excluding hydrogens is 90.0 g/mol. The van der Waals surface area contributed by atoms with Gasteiger partial charge in [-0.15, -0.1) is 0 Å². The van der Waals surface area contributed by atoms with E-state index in [1.54, 1.807) is 0 Å². The van der Waals surface area contributed by atoms with Crippen molar-refractivity contribution in [3.8, 4) is 0 Å². The molecule has 0 saturated carbocycles. The van der Waals surface area contributed by atoms with Crippen molar-refractivity contribution in [3.05, 3.63) is 18.7 Å².